The first-order valence-corrected chi connectivity index (χ1v) is 9.58. The summed E-state index contributed by atoms with van der Waals surface area (Å²) in [5, 5.41) is 0. The average molecular weight is 413 g/mol. The molecule has 0 heterocycles. The number of hydrogen-bond acceptors (Lipinski definition) is 5. The molecule has 0 aliphatic heterocycles. The van der Waals surface area contributed by atoms with Gasteiger partial charge in [0.05, 0.1) is 12.2 Å². The van der Waals surface area contributed by atoms with E-state index < -0.39 is 10.1 Å². The molecule has 0 bridgehead atoms. The van der Waals surface area contributed by atoms with Crippen LogP contribution in [0.15, 0.2) is 51.8 Å². The molecule has 0 atom stereocenters. The minimum atomic E-state index is -4.16. The summed E-state index contributed by atoms with van der Waals surface area (Å²) in [6, 6.07) is 10.9. The van der Waals surface area contributed by atoms with E-state index >= 15 is 0 Å². The fraction of sp³-hybridized carbons (Fsp3) is 0.235. The number of para-hydroxylation sites is 1. The number of halogens is 1. The van der Waals surface area contributed by atoms with E-state index in [9.17, 15) is 13.2 Å². The lowest BCUT2D eigenvalue weighted by molar-refractivity contribution is 0.0986. The molecular formula is C17H17BrO5S. The predicted octanol–water partition coefficient (Wildman–Crippen LogP) is 4.21. The van der Waals surface area contributed by atoms with Crippen LogP contribution in [-0.4, -0.2) is 20.8 Å². The van der Waals surface area contributed by atoms with Crippen molar-refractivity contribution < 1.29 is 22.1 Å². The molecule has 2 rings (SSSR count). The van der Waals surface area contributed by atoms with Crippen LogP contribution in [0, 0.1) is 0 Å². The fourth-order valence-corrected chi connectivity index (χ4v) is 3.70. The zero-order valence-electron chi connectivity index (χ0n) is 13.3. The van der Waals surface area contributed by atoms with Crippen molar-refractivity contribution >= 4 is 31.8 Å². The quantitative estimate of drug-likeness (QED) is 0.503. The summed E-state index contributed by atoms with van der Waals surface area (Å²) >= 11 is 3.24. The van der Waals surface area contributed by atoms with Gasteiger partial charge in [-0.2, -0.15) is 8.42 Å². The molecule has 0 spiro atoms. The lowest BCUT2D eigenvalue weighted by Gasteiger charge is -2.13. The van der Waals surface area contributed by atoms with Gasteiger partial charge in [0.2, 0.25) is 0 Å². The van der Waals surface area contributed by atoms with Gasteiger partial charge in [0.15, 0.2) is 11.5 Å². The Balaban J connectivity index is 2.47. The lowest BCUT2D eigenvalue weighted by atomic mass is 10.1. The van der Waals surface area contributed by atoms with Crippen LogP contribution in [0.3, 0.4) is 0 Å². The summed E-state index contributed by atoms with van der Waals surface area (Å²) in [4.78, 5) is 11.9. The third-order valence-corrected chi connectivity index (χ3v) is 4.93. The van der Waals surface area contributed by atoms with Gasteiger partial charge in [-0.25, -0.2) is 0 Å². The topological polar surface area (TPSA) is 69.7 Å². The van der Waals surface area contributed by atoms with Crippen molar-refractivity contribution in [2.24, 2.45) is 0 Å². The maximum absolute atomic E-state index is 12.7. The summed E-state index contributed by atoms with van der Waals surface area (Å²) in [6.45, 7) is 3.78. The molecule has 128 valence electrons. The summed E-state index contributed by atoms with van der Waals surface area (Å²) in [5.74, 6) is 0.00634. The Bertz CT molecular complexity index is 846. The molecule has 2 aromatic carbocycles. The smallest absolute Gasteiger partial charge is 0.342 e. The molecule has 0 fully saturated rings. The second-order valence-corrected chi connectivity index (χ2v) is 7.26. The van der Waals surface area contributed by atoms with Crippen LogP contribution < -0.4 is 8.92 Å². The molecule has 24 heavy (non-hydrogen) atoms. The van der Waals surface area contributed by atoms with E-state index in [0.717, 1.165) is 0 Å². The highest BCUT2D eigenvalue weighted by Crippen LogP contribution is 2.31. The predicted molar refractivity (Wildman–Crippen MR) is 94.2 cm³/mol. The van der Waals surface area contributed by atoms with Crippen LogP contribution in [0.2, 0.25) is 0 Å². The average Bonchev–Trinajstić information content (AvgIpc) is 2.56. The van der Waals surface area contributed by atoms with Crippen LogP contribution in [0.4, 0.5) is 0 Å². The fourth-order valence-electron chi connectivity index (χ4n) is 2.08. The number of ether oxygens (including phenoxy) is 1. The normalized spacial score (nSPS) is 11.1. The number of Topliss-reactive ketones (excluding diaryl/α,β-unsaturated/α-hetero) is 1. The van der Waals surface area contributed by atoms with Crippen molar-refractivity contribution in [2.75, 3.05) is 6.61 Å². The molecule has 5 nitrogen and oxygen atoms in total. The van der Waals surface area contributed by atoms with Crippen molar-refractivity contribution in [2.45, 2.75) is 25.2 Å². The standard InChI is InChI=1S/C17H17BrO5S/c1-3-14(19)13-7-5-6-8-15(13)23-24(20,21)17-11-12(18)9-10-16(17)22-4-2/h5-11H,3-4H2,1-2H3. The van der Waals surface area contributed by atoms with E-state index in [0.29, 0.717) is 11.1 Å². The zero-order valence-corrected chi connectivity index (χ0v) is 15.7. The summed E-state index contributed by atoms with van der Waals surface area (Å²) in [5.41, 5.74) is 0.233. The van der Waals surface area contributed by atoms with Gasteiger partial charge in [0, 0.05) is 10.9 Å². The maximum Gasteiger partial charge on any atom is 0.342 e. The monoisotopic (exact) mass is 412 g/mol. The molecular weight excluding hydrogens is 396 g/mol. The van der Waals surface area contributed by atoms with Gasteiger partial charge in [-0.15, -0.1) is 0 Å². The molecule has 0 amide bonds. The Labute approximate surface area is 149 Å². The van der Waals surface area contributed by atoms with Crippen LogP contribution in [0.5, 0.6) is 11.5 Å². The first-order chi connectivity index (χ1) is 11.4. The SMILES string of the molecule is CCOc1ccc(Br)cc1S(=O)(=O)Oc1ccccc1C(=O)CC. The van der Waals surface area contributed by atoms with E-state index in [1.54, 1.807) is 44.2 Å². The number of benzene rings is 2. The number of carbonyl (C=O) groups excluding carboxylic acids is 1. The summed E-state index contributed by atoms with van der Waals surface area (Å²) < 4.78 is 36.5. The first kappa shape index (κ1) is 18.5. The van der Waals surface area contributed by atoms with E-state index in [1.165, 1.54) is 12.1 Å². The van der Waals surface area contributed by atoms with Crippen molar-refractivity contribution in [1.82, 2.24) is 0 Å². The van der Waals surface area contributed by atoms with E-state index in [2.05, 4.69) is 15.9 Å². The third kappa shape index (κ3) is 4.15. The molecule has 0 N–H and O–H groups in total. The van der Waals surface area contributed by atoms with E-state index in [4.69, 9.17) is 8.92 Å². The number of ketones is 1. The maximum atomic E-state index is 12.7. The largest absolute Gasteiger partial charge is 0.492 e. The Morgan fingerprint density at radius 3 is 2.46 bits per heavy atom. The van der Waals surface area contributed by atoms with Crippen molar-refractivity contribution in [1.29, 1.82) is 0 Å². The zero-order chi connectivity index (χ0) is 17.7. The minimum Gasteiger partial charge on any atom is -0.492 e. The van der Waals surface area contributed by atoms with Crippen molar-refractivity contribution in [3.05, 3.63) is 52.5 Å². The number of rotatable bonds is 7. The first-order valence-electron chi connectivity index (χ1n) is 7.38. The highest BCUT2D eigenvalue weighted by Gasteiger charge is 2.24. The van der Waals surface area contributed by atoms with E-state index in [1.807, 2.05) is 0 Å². The van der Waals surface area contributed by atoms with Crippen LogP contribution >= 0.6 is 15.9 Å². The van der Waals surface area contributed by atoms with Gasteiger partial charge in [0.1, 0.15) is 10.6 Å². The summed E-state index contributed by atoms with van der Waals surface area (Å²) in [7, 11) is -4.16. The van der Waals surface area contributed by atoms with Gasteiger partial charge < -0.3 is 8.92 Å². The molecule has 0 unspecified atom stereocenters. The van der Waals surface area contributed by atoms with Crippen LogP contribution in [0.25, 0.3) is 0 Å². The summed E-state index contributed by atoms with van der Waals surface area (Å²) in [6.07, 6.45) is 0.251. The molecule has 7 heteroatoms. The highest BCUT2D eigenvalue weighted by molar-refractivity contribution is 9.10. The second kappa shape index (κ2) is 7.81. The van der Waals surface area contributed by atoms with Gasteiger partial charge >= 0.3 is 10.1 Å². The Hall–Kier alpha value is -1.86. The van der Waals surface area contributed by atoms with Gasteiger partial charge in [-0.3, -0.25) is 4.79 Å². The van der Waals surface area contributed by atoms with Crippen molar-refractivity contribution in [3.8, 4) is 11.5 Å². The molecule has 2 aromatic rings. The number of carbonyl (C=O) groups is 1. The van der Waals surface area contributed by atoms with Gasteiger partial charge in [-0.1, -0.05) is 35.0 Å². The van der Waals surface area contributed by atoms with Crippen LogP contribution in [0.1, 0.15) is 30.6 Å². The Morgan fingerprint density at radius 2 is 1.79 bits per heavy atom. The van der Waals surface area contributed by atoms with Crippen LogP contribution in [-0.2, 0) is 10.1 Å². The minimum absolute atomic E-state index is 0.00627. The molecule has 0 aliphatic rings. The molecule has 0 saturated carbocycles. The number of hydrogen-bond donors (Lipinski definition) is 0. The molecule has 0 aromatic heterocycles. The molecule has 0 saturated heterocycles. The molecule has 0 radical (unpaired) electrons. The van der Waals surface area contributed by atoms with Gasteiger partial charge in [0.25, 0.3) is 0 Å². The third-order valence-electron chi connectivity index (χ3n) is 3.18. The Kier molecular flexibility index (Phi) is 6.01. The highest BCUT2D eigenvalue weighted by atomic mass is 79.9. The Morgan fingerprint density at radius 1 is 1.08 bits per heavy atom. The second-order valence-electron chi connectivity index (χ2n) is 4.83. The van der Waals surface area contributed by atoms with Gasteiger partial charge in [-0.05, 0) is 37.3 Å². The van der Waals surface area contributed by atoms with Crippen molar-refractivity contribution in [3.63, 3.8) is 0 Å². The molecule has 0 aliphatic carbocycles. The van der Waals surface area contributed by atoms with E-state index in [-0.39, 0.29) is 34.2 Å². The lowest BCUT2D eigenvalue weighted by Crippen LogP contribution is -2.14.